The normalized spacial score (nSPS) is 15.7. The van der Waals surface area contributed by atoms with Crippen LogP contribution in [0, 0.1) is 5.82 Å². The van der Waals surface area contributed by atoms with E-state index in [1.165, 1.54) is 37.1 Å². The number of fused-ring (bicyclic) bond motifs is 1. The zero-order valence-electron chi connectivity index (χ0n) is 28.7. The molecule has 1 aliphatic heterocycles. The smallest absolute Gasteiger partial charge is 0.308 e. The number of hydrogen-bond donors (Lipinski definition) is 1. The number of carbonyl (C=O) groups is 3. The number of halogens is 1. The average Bonchev–Trinajstić information content (AvgIpc) is 3.08. The van der Waals surface area contributed by atoms with Crippen molar-refractivity contribution in [2.24, 2.45) is 0 Å². The Morgan fingerprint density at radius 2 is 1.35 bits per heavy atom. The number of ketones is 1. The molecule has 5 rings (SSSR count). The molecule has 0 fully saturated rings. The highest BCUT2D eigenvalue weighted by atomic mass is 19.1. The first kappa shape index (κ1) is 35.7. The van der Waals surface area contributed by atoms with Crippen LogP contribution < -0.4 is 14.8 Å². The number of Topliss-reactive ketones (excluding diaryl/α,β-unsaturated/α-hetero) is 1. The van der Waals surface area contributed by atoms with Gasteiger partial charge in [-0.2, -0.15) is 0 Å². The summed E-state index contributed by atoms with van der Waals surface area (Å²) in [6.45, 7) is 5.61. The van der Waals surface area contributed by atoms with E-state index in [9.17, 15) is 18.8 Å². The lowest BCUT2D eigenvalue weighted by Crippen LogP contribution is -2.45. The molecule has 0 saturated carbocycles. The molecule has 1 unspecified atom stereocenters. The molecule has 0 aromatic heterocycles. The van der Waals surface area contributed by atoms with Crippen LogP contribution in [-0.4, -0.2) is 24.3 Å². The Kier molecular flexibility index (Phi) is 11.8. The molecule has 0 saturated heterocycles. The van der Waals surface area contributed by atoms with Gasteiger partial charge in [-0.3, -0.25) is 14.4 Å². The number of aryl methyl sites for hydroxylation is 1. The van der Waals surface area contributed by atoms with Crippen molar-refractivity contribution < 1.29 is 28.2 Å². The molecule has 256 valence electrons. The lowest BCUT2D eigenvalue weighted by molar-refractivity contribution is -0.134. The number of carbonyl (C=O) groups excluding carboxylic acids is 3. The molecule has 1 atom stereocenters. The van der Waals surface area contributed by atoms with Gasteiger partial charge < -0.3 is 14.8 Å². The summed E-state index contributed by atoms with van der Waals surface area (Å²) in [4.78, 5) is 36.8. The second-order valence-electron chi connectivity index (χ2n) is 13.3. The van der Waals surface area contributed by atoms with Crippen LogP contribution in [0.3, 0.4) is 0 Å². The van der Waals surface area contributed by atoms with Crippen molar-refractivity contribution in [3.63, 3.8) is 0 Å². The zero-order chi connectivity index (χ0) is 34.9. The van der Waals surface area contributed by atoms with Gasteiger partial charge in [-0.15, -0.1) is 0 Å². The van der Waals surface area contributed by atoms with Gasteiger partial charge in [-0.05, 0) is 97.5 Å². The summed E-state index contributed by atoms with van der Waals surface area (Å²) >= 11 is 0. The maximum absolute atomic E-state index is 13.3. The van der Waals surface area contributed by atoms with Crippen molar-refractivity contribution in [1.82, 2.24) is 5.32 Å². The van der Waals surface area contributed by atoms with Crippen LogP contribution in [0.1, 0.15) is 93.5 Å². The monoisotopic (exact) mass is 663 g/mol. The summed E-state index contributed by atoms with van der Waals surface area (Å²) < 4.78 is 24.3. The molecule has 6 nitrogen and oxygen atoms in total. The molecular weight excluding hydrogens is 617 g/mol. The average molecular weight is 664 g/mol. The van der Waals surface area contributed by atoms with Crippen LogP contribution in [-0.2, 0) is 38.2 Å². The van der Waals surface area contributed by atoms with Crippen molar-refractivity contribution in [2.75, 3.05) is 6.54 Å². The molecule has 0 radical (unpaired) electrons. The molecule has 4 aromatic carbocycles. The maximum Gasteiger partial charge on any atom is 0.308 e. The van der Waals surface area contributed by atoms with Gasteiger partial charge in [-0.1, -0.05) is 79.2 Å². The minimum atomic E-state index is -0.483. The number of nitrogens with one attached hydrogen (secondary N) is 1. The van der Waals surface area contributed by atoms with Gasteiger partial charge in [0.1, 0.15) is 11.6 Å². The highest BCUT2D eigenvalue weighted by Gasteiger charge is 2.37. The van der Waals surface area contributed by atoms with E-state index in [0.717, 1.165) is 61.8 Å². The first-order chi connectivity index (χ1) is 23.6. The van der Waals surface area contributed by atoms with Gasteiger partial charge in [0.15, 0.2) is 11.5 Å². The fourth-order valence-corrected chi connectivity index (χ4v) is 7.36. The standard InChI is InChI=1S/C42H46FNO5/c1-30(45)48-39-28-33-23-27-44-41(3,38(33)29-40(39)49-31(2)46)24-11-26-42(34-12-6-4-7-13-34,35-14-8-5-9-15-35)25-10-16-37(47)22-19-32-17-20-36(43)21-18-32/h4-9,12-15,17-18,20-21,28-29,44H,10-11,16,19,22-27H2,1-3H3. The van der Waals surface area contributed by atoms with Crippen molar-refractivity contribution in [2.45, 2.75) is 89.5 Å². The van der Waals surface area contributed by atoms with Crippen molar-refractivity contribution in [1.29, 1.82) is 0 Å². The largest absolute Gasteiger partial charge is 0.423 e. The maximum atomic E-state index is 13.3. The first-order valence-corrected chi connectivity index (χ1v) is 17.2. The van der Waals surface area contributed by atoms with E-state index in [1.807, 2.05) is 24.3 Å². The van der Waals surface area contributed by atoms with E-state index in [4.69, 9.17) is 9.47 Å². The summed E-state index contributed by atoms with van der Waals surface area (Å²) in [5, 5.41) is 3.73. The van der Waals surface area contributed by atoms with Gasteiger partial charge in [0.05, 0.1) is 0 Å². The number of ether oxygens (including phenoxy) is 2. The van der Waals surface area contributed by atoms with Crippen LogP contribution >= 0.6 is 0 Å². The SMILES string of the molecule is CC(=O)Oc1cc2c(cc1OC(C)=O)C(C)(CCCC(CCCC(=O)CCc1ccc(F)cc1)(c1ccccc1)c1ccccc1)NCC2. The van der Waals surface area contributed by atoms with Gasteiger partial charge in [0.25, 0.3) is 0 Å². The highest BCUT2D eigenvalue weighted by molar-refractivity contribution is 5.78. The molecule has 49 heavy (non-hydrogen) atoms. The number of rotatable bonds is 15. The number of benzene rings is 4. The summed E-state index contributed by atoms with van der Waals surface area (Å²) in [5.41, 5.74) is 4.79. The molecule has 0 amide bonds. The van der Waals surface area contributed by atoms with Crippen LogP contribution in [0.5, 0.6) is 11.5 Å². The predicted molar refractivity (Wildman–Crippen MR) is 189 cm³/mol. The Balaban J connectivity index is 1.37. The topological polar surface area (TPSA) is 81.7 Å². The summed E-state index contributed by atoms with van der Waals surface area (Å²) in [6.07, 6.45) is 6.39. The fraction of sp³-hybridized carbons (Fsp3) is 0.357. The van der Waals surface area contributed by atoms with E-state index in [2.05, 4.69) is 60.8 Å². The molecule has 1 heterocycles. The van der Waals surface area contributed by atoms with Crippen LogP contribution in [0.15, 0.2) is 97.1 Å². The molecule has 1 N–H and O–H groups in total. The Morgan fingerprint density at radius 1 is 0.776 bits per heavy atom. The third-order valence-electron chi connectivity index (χ3n) is 9.78. The second-order valence-corrected chi connectivity index (χ2v) is 13.3. The van der Waals surface area contributed by atoms with E-state index < -0.39 is 17.5 Å². The summed E-state index contributed by atoms with van der Waals surface area (Å²) in [6, 6.07) is 31.2. The lowest BCUT2D eigenvalue weighted by atomic mass is 9.67. The van der Waals surface area contributed by atoms with E-state index >= 15 is 0 Å². The Hall–Kier alpha value is -4.62. The third kappa shape index (κ3) is 9.09. The van der Waals surface area contributed by atoms with E-state index in [1.54, 1.807) is 12.1 Å². The van der Waals surface area contributed by atoms with Crippen molar-refractivity contribution in [3.05, 3.63) is 131 Å². The summed E-state index contributed by atoms with van der Waals surface area (Å²) in [5.74, 6) is -0.521. The minimum absolute atomic E-state index is 0.214. The van der Waals surface area contributed by atoms with Gasteiger partial charge >= 0.3 is 11.9 Å². The molecule has 4 aromatic rings. The zero-order valence-corrected chi connectivity index (χ0v) is 28.7. The van der Waals surface area contributed by atoms with Crippen LogP contribution in [0.4, 0.5) is 4.39 Å². The lowest BCUT2D eigenvalue weighted by Gasteiger charge is -2.40. The van der Waals surface area contributed by atoms with Crippen LogP contribution in [0.25, 0.3) is 0 Å². The van der Waals surface area contributed by atoms with Crippen LogP contribution in [0.2, 0.25) is 0 Å². The quantitative estimate of drug-likeness (QED) is 0.101. The summed E-state index contributed by atoms with van der Waals surface area (Å²) in [7, 11) is 0. The molecule has 0 aliphatic carbocycles. The van der Waals surface area contributed by atoms with Gasteiger partial charge in [-0.25, -0.2) is 4.39 Å². The van der Waals surface area contributed by atoms with Crippen molar-refractivity contribution in [3.8, 4) is 11.5 Å². The minimum Gasteiger partial charge on any atom is -0.423 e. The number of esters is 2. The molecule has 1 aliphatic rings. The highest BCUT2D eigenvalue weighted by Crippen LogP contribution is 2.45. The Morgan fingerprint density at radius 3 is 1.94 bits per heavy atom. The van der Waals surface area contributed by atoms with E-state index in [-0.39, 0.29) is 28.5 Å². The molecule has 7 heteroatoms. The molecule has 0 spiro atoms. The van der Waals surface area contributed by atoms with Crippen molar-refractivity contribution >= 4 is 17.7 Å². The first-order valence-electron chi connectivity index (χ1n) is 17.2. The Bertz CT molecular complexity index is 1700. The van der Waals surface area contributed by atoms with E-state index in [0.29, 0.717) is 19.3 Å². The predicted octanol–water partition coefficient (Wildman–Crippen LogP) is 8.57. The third-order valence-corrected chi connectivity index (χ3v) is 9.78. The number of hydrogen-bond acceptors (Lipinski definition) is 6. The Labute approximate surface area is 289 Å². The molecular formula is C42H46FNO5. The fourth-order valence-electron chi connectivity index (χ4n) is 7.36. The molecule has 0 bridgehead atoms. The van der Waals surface area contributed by atoms with Gasteiger partial charge in [0, 0.05) is 44.2 Å². The second kappa shape index (κ2) is 16.2. The van der Waals surface area contributed by atoms with Gasteiger partial charge in [0.2, 0.25) is 0 Å².